The number of aromatic amines is 1. The molecule has 0 fully saturated rings. The lowest BCUT2D eigenvalue weighted by atomic mass is 10.1. The molecule has 1 amide bonds. The van der Waals surface area contributed by atoms with Crippen molar-refractivity contribution < 1.29 is 9.90 Å². The number of carbonyl (C=O) groups excluding carboxylic acids is 1. The van der Waals surface area contributed by atoms with Gasteiger partial charge in [-0.1, -0.05) is 53.7 Å². The summed E-state index contributed by atoms with van der Waals surface area (Å²) < 4.78 is 0. The molecule has 1 aromatic heterocycles. The molecule has 0 saturated heterocycles. The van der Waals surface area contributed by atoms with E-state index in [0.29, 0.717) is 16.3 Å². The number of amides is 1. The largest absolute Gasteiger partial charge is 0.493 e. The first-order chi connectivity index (χ1) is 12.9. The van der Waals surface area contributed by atoms with Crippen LogP contribution < -0.4 is 10.9 Å². The maximum Gasteiger partial charge on any atom is 0.263 e. The van der Waals surface area contributed by atoms with E-state index >= 15 is 0 Å². The zero-order valence-corrected chi connectivity index (χ0v) is 15.8. The van der Waals surface area contributed by atoms with Gasteiger partial charge in [0.1, 0.15) is 5.56 Å². The Hall–Kier alpha value is -2.77. The highest BCUT2D eigenvalue weighted by Crippen LogP contribution is 2.27. The van der Waals surface area contributed by atoms with Crippen LogP contribution in [-0.2, 0) is 4.79 Å². The van der Waals surface area contributed by atoms with E-state index in [1.54, 1.807) is 55.5 Å². The normalized spacial score (nSPS) is 11.8. The summed E-state index contributed by atoms with van der Waals surface area (Å²) in [6, 6.07) is 15.5. The highest BCUT2D eigenvalue weighted by molar-refractivity contribution is 8.00. The van der Waals surface area contributed by atoms with Gasteiger partial charge in [-0.25, -0.2) is 0 Å². The van der Waals surface area contributed by atoms with Crippen molar-refractivity contribution in [3.8, 4) is 17.0 Å². The molecule has 6 nitrogen and oxygen atoms in total. The first-order valence-corrected chi connectivity index (χ1v) is 9.31. The molecule has 0 aliphatic carbocycles. The van der Waals surface area contributed by atoms with Crippen molar-refractivity contribution in [2.24, 2.45) is 0 Å². The van der Waals surface area contributed by atoms with Crippen molar-refractivity contribution in [3.05, 3.63) is 70.0 Å². The van der Waals surface area contributed by atoms with Gasteiger partial charge in [-0.15, -0.1) is 0 Å². The third-order valence-corrected chi connectivity index (χ3v) is 4.95. The van der Waals surface area contributed by atoms with E-state index in [-0.39, 0.29) is 22.5 Å². The minimum Gasteiger partial charge on any atom is -0.493 e. The minimum absolute atomic E-state index is 0.0956. The number of thioether (sulfide) groups is 1. The van der Waals surface area contributed by atoms with E-state index < -0.39 is 10.8 Å². The van der Waals surface area contributed by atoms with Crippen LogP contribution in [-0.4, -0.2) is 26.2 Å². The molecule has 3 rings (SSSR count). The number of rotatable bonds is 5. The van der Waals surface area contributed by atoms with Gasteiger partial charge in [-0.05, 0) is 36.8 Å². The number of hydrogen-bond donors (Lipinski definition) is 3. The summed E-state index contributed by atoms with van der Waals surface area (Å²) in [5.41, 5.74) is 0.800. The third-order valence-electron chi connectivity index (χ3n) is 3.71. The molecule has 1 heterocycles. The van der Waals surface area contributed by atoms with Crippen LogP contribution in [0, 0.1) is 0 Å². The quantitative estimate of drug-likeness (QED) is 0.445. The summed E-state index contributed by atoms with van der Waals surface area (Å²) in [6.45, 7) is 1.68. The van der Waals surface area contributed by atoms with Crippen LogP contribution >= 0.6 is 23.4 Å². The minimum atomic E-state index is -0.550. The number of nitrogens with zero attached hydrogens (tertiary/aromatic N) is 1. The van der Waals surface area contributed by atoms with Crippen molar-refractivity contribution in [1.82, 2.24) is 9.97 Å². The lowest BCUT2D eigenvalue weighted by molar-refractivity contribution is -0.115. The van der Waals surface area contributed by atoms with Gasteiger partial charge < -0.3 is 15.4 Å². The molecule has 0 unspecified atom stereocenters. The summed E-state index contributed by atoms with van der Waals surface area (Å²) in [4.78, 5) is 31.3. The van der Waals surface area contributed by atoms with Gasteiger partial charge in [0, 0.05) is 10.7 Å². The molecule has 138 valence electrons. The number of aromatic nitrogens is 2. The Bertz CT molecular complexity index is 1010. The fraction of sp³-hybridized carbons (Fsp3) is 0.105. The van der Waals surface area contributed by atoms with Crippen molar-refractivity contribution in [2.75, 3.05) is 5.32 Å². The molecule has 0 radical (unpaired) electrons. The Labute approximate surface area is 164 Å². The average Bonchev–Trinajstić information content (AvgIpc) is 2.64. The van der Waals surface area contributed by atoms with Crippen LogP contribution in [0.2, 0.25) is 5.02 Å². The number of hydrogen-bond acceptors (Lipinski definition) is 5. The third kappa shape index (κ3) is 4.69. The van der Waals surface area contributed by atoms with E-state index in [9.17, 15) is 14.7 Å². The molecule has 27 heavy (non-hydrogen) atoms. The number of H-pyrrole nitrogens is 1. The Morgan fingerprint density at radius 1 is 1.19 bits per heavy atom. The smallest absolute Gasteiger partial charge is 0.263 e. The lowest BCUT2D eigenvalue weighted by Gasteiger charge is -2.12. The Morgan fingerprint density at radius 3 is 2.48 bits per heavy atom. The summed E-state index contributed by atoms with van der Waals surface area (Å²) in [5.74, 6) is -0.644. The monoisotopic (exact) mass is 401 g/mol. The molecule has 3 N–H and O–H groups in total. The number of carbonyl (C=O) groups is 1. The first-order valence-electron chi connectivity index (χ1n) is 8.06. The number of anilines is 1. The fourth-order valence-corrected chi connectivity index (χ4v) is 3.28. The molecule has 3 aromatic rings. The summed E-state index contributed by atoms with van der Waals surface area (Å²) in [5, 5.41) is 13.1. The maximum atomic E-state index is 12.4. The van der Waals surface area contributed by atoms with E-state index in [2.05, 4.69) is 15.3 Å². The average molecular weight is 402 g/mol. The predicted molar refractivity (Wildman–Crippen MR) is 107 cm³/mol. The van der Waals surface area contributed by atoms with Crippen molar-refractivity contribution in [1.29, 1.82) is 0 Å². The Kier molecular flexibility index (Phi) is 5.83. The van der Waals surface area contributed by atoms with Gasteiger partial charge in [-0.3, -0.25) is 9.59 Å². The predicted octanol–water partition coefficient (Wildman–Crippen LogP) is 3.92. The molecule has 0 aliphatic rings. The van der Waals surface area contributed by atoms with E-state index in [0.717, 1.165) is 11.8 Å². The molecule has 0 saturated carbocycles. The molecule has 0 spiro atoms. The van der Waals surface area contributed by atoms with Crippen molar-refractivity contribution >= 4 is 35.0 Å². The fourth-order valence-electron chi connectivity index (χ4n) is 2.36. The number of benzene rings is 2. The van der Waals surface area contributed by atoms with Gasteiger partial charge >= 0.3 is 0 Å². The van der Waals surface area contributed by atoms with Crippen molar-refractivity contribution in [3.63, 3.8) is 0 Å². The Morgan fingerprint density at radius 2 is 1.85 bits per heavy atom. The van der Waals surface area contributed by atoms with E-state index in [1.165, 1.54) is 0 Å². The van der Waals surface area contributed by atoms with Gasteiger partial charge in [0.05, 0.1) is 5.25 Å². The molecule has 0 bridgehead atoms. The van der Waals surface area contributed by atoms with Crippen LogP contribution in [0.15, 0.2) is 64.5 Å². The lowest BCUT2D eigenvalue weighted by Crippen LogP contribution is -2.23. The highest BCUT2D eigenvalue weighted by atomic mass is 35.5. The van der Waals surface area contributed by atoms with E-state index in [1.807, 2.05) is 6.07 Å². The summed E-state index contributed by atoms with van der Waals surface area (Å²) in [6.07, 6.45) is 0. The highest BCUT2D eigenvalue weighted by Gasteiger charge is 2.19. The zero-order valence-electron chi connectivity index (χ0n) is 14.3. The second-order valence-corrected chi connectivity index (χ2v) is 7.46. The van der Waals surface area contributed by atoms with Crippen LogP contribution in [0.5, 0.6) is 5.88 Å². The van der Waals surface area contributed by atoms with E-state index in [4.69, 9.17) is 11.6 Å². The maximum absolute atomic E-state index is 12.4. The number of halogens is 1. The molecule has 1 atom stereocenters. The Balaban J connectivity index is 1.74. The first kappa shape index (κ1) is 19.0. The molecular weight excluding hydrogens is 386 g/mol. The van der Waals surface area contributed by atoms with Crippen LogP contribution in [0.1, 0.15) is 6.92 Å². The standard InChI is InChI=1S/C19H16ClN3O3S/c1-11(16(24)21-14-9-7-13(20)8-10-14)27-19-22-17(25)15(18(26)23-19)12-5-3-2-4-6-12/h2-11H,1H3,(H,21,24)(H2,22,23,25,26)/t11-/m0/s1. The summed E-state index contributed by atoms with van der Waals surface area (Å²) >= 11 is 6.86. The van der Waals surface area contributed by atoms with Gasteiger partial charge in [-0.2, -0.15) is 4.98 Å². The molecule has 0 aliphatic heterocycles. The van der Waals surface area contributed by atoms with Gasteiger partial charge in [0.25, 0.3) is 5.56 Å². The molecule has 2 aromatic carbocycles. The number of nitrogens with one attached hydrogen (secondary N) is 2. The summed E-state index contributed by atoms with van der Waals surface area (Å²) in [7, 11) is 0. The second-order valence-electron chi connectivity index (χ2n) is 5.69. The SMILES string of the molecule is C[C@H](Sc1nc(O)c(-c2ccccc2)c(=O)[nH]1)C(=O)Nc1ccc(Cl)cc1. The molecule has 8 heteroatoms. The topological polar surface area (TPSA) is 95.1 Å². The molecular formula is C19H16ClN3O3S. The van der Waals surface area contributed by atoms with Crippen molar-refractivity contribution in [2.45, 2.75) is 17.3 Å². The zero-order chi connectivity index (χ0) is 19.4. The van der Waals surface area contributed by atoms with Crippen LogP contribution in [0.25, 0.3) is 11.1 Å². The van der Waals surface area contributed by atoms with Crippen LogP contribution in [0.3, 0.4) is 0 Å². The second kappa shape index (κ2) is 8.28. The number of aromatic hydroxyl groups is 1. The van der Waals surface area contributed by atoms with Crippen LogP contribution in [0.4, 0.5) is 5.69 Å². The van der Waals surface area contributed by atoms with Gasteiger partial charge in [0.2, 0.25) is 11.8 Å². The van der Waals surface area contributed by atoms with Gasteiger partial charge in [0.15, 0.2) is 5.16 Å².